The van der Waals surface area contributed by atoms with E-state index in [0.717, 1.165) is 60.8 Å². The molecule has 49 heavy (non-hydrogen) atoms. The Kier molecular flexibility index (Phi) is 30.2. The molecule has 0 saturated carbocycles. The minimum Gasteiger partial charge on any atom is -0.489 e. The third kappa shape index (κ3) is 26.1. The summed E-state index contributed by atoms with van der Waals surface area (Å²) < 4.78 is 20.3. The van der Waals surface area contributed by atoms with Gasteiger partial charge in [-0.3, -0.25) is 4.48 Å². The molecule has 288 valence electrons. The second-order valence-corrected chi connectivity index (χ2v) is 15.9. The molecule has 1 rings (SSSR count). The summed E-state index contributed by atoms with van der Waals surface area (Å²) in [4.78, 5) is 0. The Bertz CT molecular complexity index is 801. The Morgan fingerprint density at radius 1 is 0.347 bits per heavy atom. The smallest absolute Gasteiger partial charge is 0.204 e. The Morgan fingerprint density at radius 2 is 0.592 bits per heavy atom. The maximum Gasteiger partial charge on any atom is 0.204 e. The van der Waals surface area contributed by atoms with E-state index >= 15 is 0 Å². The van der Waals surface area contributed by atoms with Crippen LogP contribution in [0.15, 0.2) is 12.1 Å². The molecule has 0 aliphatic carbocycles. The van der Waals surface area contributed by atoms with Crippen LogP contribution in [0.3, 0.4) is 0 Å². The van der Waals surface area contributed by atoms with Crippen LogP contribution in [0.5, 0.6) is 17.2 Å². The van der Waals surface area contributed by atoms with Crippen molar-refractivity contribution in [3.63, 3.8) is 0 Å². The molecule has 0 radical (unpaired) electrons. The van der Waals surface area contributed by atoms with Crippen LogP contribution in [0.1, 0.15) is 213 Å². The van der Waals surface area contributed by atoms with E-state index < -0.39 is 0 Å². The third-order valence-corrected chi connectivity index (χ3v) is 10.0. The molecule has 0 aliphatic rings. The predicted octanol–water partition coefficient (Wildman–Crippen LogP) is 14.8. The molecule has 0 atom stereocenters. The molecule has 0 aliphatic heterocycles. The number of quaternary nitrogens is 1. The highest BCUT2D eigenvalue weighted by Crippen LogP contribution is 2.43. The summed E-state index contributed by atoms with van der Waals surface area (Å²) >= 11 is 0. The van der Waals surface area contributed by atoms with Gasteiger partial charge in [0.25, 0.3) is 0 Å². The number of nitrogens with zero attached hydrogens (tertiary/aromatic N) is 1. The van der Waals surface area contributed by atoms with Gasteiger partial charge in [0, 0.05) is 12.1 Å². The quantitative estimate of drug-likeness (QED) is 0.0514. The van der Waals surface area contributed by atoms with E-state index in [1.165, 1.54) is 179 Å². The predicted molar refractivity (Wildman–Crippen MR) is 218 cm³/mol. The minimum atomic E-state index is 0.724. The second-order valence-electron chi connectivity index (χ2n) is 15.9. The van der Waals surface area contributed by atoms with Crippen LogP contribution < -0.4 is 18.7 Å². The van der Waals surface area contributed by atoms with Crippen molar-refractivity contribution in [1.29, 1.82) is 0 Å². The Balaban J connectivity index is 2.68. The summed E-state index contributed by atoms with van der Waals surface area (Å²) in [6, 6.07) is 4.41. The summed E-state index contributed by atoms with van der Waals surface area (Å²) in [6.07, 6.45) is 39.9. The topological polar surface area (TPSA) is 27.7 Å². The van der Waals surface area contributed by atoms with E-state index in [1.54, 1.807) is 0 Å². The van der Waals surface area contributed by atoms with Crippen molar-refractivity contribution in [2.45, 2.75) is 213 Å². The number of rotatable bonds is 37. The fraction of sp³-hybridized carbons (Fsp3) is 0.867. The lowest BCUT2D eigenvalue weighted by atomic mass is 10.1. The average molecular weight is 689 g/mol. The summed E-state index contributed by atoms with van der Waals surface area (Å²) in [6.45, 7) is 9.08. The van der Waals surface area contributed by atoms with E-state index in [4.69, 9.17) is 14.2 Å². The number of ether oxygens (including phenoxy) is 3. The summed E-state index contributed by atoms with van der Waals surface area (Å²) in [7, 11) is 6.66. The van der Waals surface area contributed by atoms with Crippen LogP contribution in [0.2, 0.25) is 0 Å². The van der Waals surface area contributed by atoms with E-state index in [0.29, 0.717) is 0 Å². The molecule has 0 amide bonds. The number of benzene rings is 1. The lowest BCUT2D eigenvalue weighted by molar-refractivity contribution is 0.233. The van der Waals surface area contributed by atoms with Gasteiger partial charge in [-0.1, -0.05) is 194 Å². The molecule has 0 N–H and O–H groups in total. The van der Waals surface area contributed by atoms with Gasteiger partial charge in [0.15, 0.2) is 11.5 Å². The monoisotopic (exact) mass is 689 g/mol. The SMILES string of the molecule is CCCCCCCCCCCCOc1cc([N+](C)(C)C)cc(OCCCCCCCCCCCC)c1OCCCCCCCCCCCC. The van der Waals surface area contributed by atoms with E-state index in [2.05, 4.69) is 54.0 Å². The molecule has 4 heteroatoms. The summed E-state index contributed by atoms with van der Waals surface area (Å²) in [5.74, 6) is 2.56. The van der Waals surface area contributed by atoms with Crippen LogP contribution in [0, 0.1) is 0 Å². The van der Waals surface area contributed by atoms with Crippen molar-refractivity contribution in [3.8, 4) is 17.2 Å². The number of unbranched alkanes of at least 4 members (excludes halogenated alkanes) is 27. The van der Waals surface area contributed by atoms with Crippen molar-refractivity contribution in [3.05, 3.63) is 12.1 Å². The molecule has 0 unspecified atom stereocenters. The van der Waals surface area contributed by atoms with E-state index in [1.807, 2.05) is 0 Å². The first-order chi connectivity index (χ1) is 23.9. The van der Waals surface area contributed by atoms with Crippen molar-refractivity contribution < 1.29 is 14.2 Å². The lowest BCUT2D eigenvalue weighted by Gasteiger charge is -2.26. The Labute approximate surface area is 307 Å². The van der Waals surface area contributed by atoms with E-state index in [-0.39, 0.29) is 0 Å². The first-order valence-electron chi connectivity index (χ1n) is 21.8. The standard InChI is InChI=1S/C45H86NO3/c1-7-10-13-16-19-22-25-28-31-34-37-47-43-40-42(46(4,5)6)41-44(48-38-35-32-29-26-23-20-17-14-11-8-2)45(43)49-39-36-33-30-27-24-21-18-15-12-9-3/h40-41H,7-39H2,1-6H3/q+1. The van der Waals surface area contributed by atoms with Gasteiger partial charge >= 0.3 is 0 Å². The lowest BCUT2D eigenvalue weighted by Crippen LogP contribution is -2.34. The van der Waals surface area contributed by atoms with Gasteiger partial charge in [0.1, 0.15) is 5.69 Å². The average Bonchev–Trinajstić information content (AvgIpc) is 3.08. The van der Waals surface area contributed by atoms with Gasteiger partial charge in [-0.05, 0) is 19.3 Å². The van der Waals surface area contributed by atoms with Crippen LogP contribution >= 0.6 is 0 Å². The zero-order valence-electron chi connectivity index (χ0n) is 34.2. The highest BCUT2D eigenvalue weighted by atomic mass is 16.5. The Hall–Kier alpha value is -1.42. The first kappa shape index (κ1) is 45.6. The van der Waals surface area contributed by atoms with Gasteiger partial charge in [-0.15, -0.1) is 0 Å². The Morgan fingerprint density at radius 3 is 0.857 bits per heavy atom. The molecule has 4 nitrogen and oxygen atoms in total. The van der Waals surface area contributed by atoms with Crippen LogP contribution in [0.4, 0.5) is 5.69 Å². The zero-order valence-corrected chi connectivity index (χ0v) is 34.2. The minimum absolute atomic E-state index is 0.724. The zero-order chi connectivity index (χ0) is 35.7. The van der Waals surface area contributed by atoms with Gasteiger partial charge in [0.2, 0.25) is 5.75 Å². The van der Waals surface area contributed by atoms with E-state index in [9.17, 15) is 0 Å². The fourth-order valence-corrected chi connectivity index (χ4v) is 6.61. The second kappa shape index (κ2) is 32.5. The van der Waals surface area contributed by atoms with Crippen LogP contribution in [0.25, 0.3) is 0 Å². The van der Waals surface area contributed by atoms with Gasteiger partial charge < -0.3 is 14.2 Å². The van der Waals surface area contributed by atoms with Gasteiger partial charge in [-0.25, -0.2) is 0 Å². The third-order valence-electron chi connectivity index (χ3n) is 10.0. The van der Waals surface area contributed by atoms with Crippen molar-refractivity contribution in [1.82, 2.24) is 4.48 Å². The van der Waals surface area contributed by atoms with Gasteiger partial charge in [-0.2, -0.15) is 0 Å². The van der Waals surface area contributed by atoms with Crippen LogP contribution in [-0.4, -0.2) is 41.0 Å². The molecular formula is C45H86NO3+. The largest absolute Gasteiger partial charge is 0.489 e. The molecule has 1 aromatic rings. The maximum absolute atomic E-state index is 6.55. The van der Waals surface area contributed by atoms with Crippen molar-refractivity contribution >= 4 is 5.69 Å². The van der Waals surface area contributed by atoms with Crippen LogP contribution in [-0.2, 0) is 0 Å². The molecule has 0 heterocycles. The summed E-state index contributed by atoms with van der Waals surface area (Å²) in [5.41, 5.74) is 1.20. The van der Waals surface area contributed by atoms with Gasteiger partial charge in [0.05, 0.1) is 41.0 Å². The molecular weight excluding hydrogens is 602 g/mol. The maximum atomic E-state index is 6.55. The highest BCUT2D eigenvalue weighted by Gasteiger charge is 2.22. The molecule has 0 aromatic heterocycles. The molecule has 1 aromatic carbocycles. The normalized spacial score (nSPS) is 11.7. The highest BCUT2D eigenvalue weighted by molar-refractivity contribution is 5.61. The first-order valence-corrected chi connectivity index (χ1v) is 21.8. The molecule has 0 fully saturated rings. The summed E-state index contributed by atoms with van der Waals surface area (Å²) in [5, 5.41) is 0. The molecule has 0 spiro atoms. The number of hydrogen-bond donors (Lipinski definition) is 0. The fourth-order valence-electron chi connectivity index (χ4n) is 6.61. The molecule has 0 saturated heterocycles. The van der Waals surface area contributed by atoms with Crippen molar-refractivity contribution in [2.75, 3.05) is 41.0 Å². The number of hydrogen-bond acceptors (Lipinski definition) is 3. The molecule has 0 bridgehead atoms. The van der Waals surface area contributed by atoms with Crippen molar-refractivity contribution in [2.24, 2.45) is 0 Å².